The van der Waals surface area contributed by atoms with Crippen LogP contribution in [0.25, 0.3) is 0 Å². The number of rotatable bonds is 13. The van der Waals surface area contributed by atoms with E-state index in [1.165, 1.54) is 44.2 Å². The highest BCUT2D eigenvalue weighted by atomic mass is 79.9. The molecule has 0 saturated heterocycles. The molecule has 0 amide bonds. The second kappa shape index (κ2) is 12.8. The van der Waals surface area contributed by atoms with Gasteiger partial charge in [-0.1, -0.05) is 60.7 Å². The third kappa shape index (κ3) is 7.80. The summed E-state index contributed by atoms with van der Waals surface area (Å²) in [7, 11) is 0. The molecule has 1 N–H and O–H groups in total. The van der Waals surface area contributed by atoms with Crippen LogP contribution < -0.4 is 14.8 Å². The summed E-state index contributed by atoms with van der Waals surface area (Å²) in [6, 6.07) is 10.3. The molecular formula is C23H31BrFNO2. The molecule has 0 radical (unpaired) electrons. The van der Waals surface area contributed by atoms with Crippen LogP contribution >= 0.6 is 15.9 Å². The van der Waals surface area contributed by atoms with Gasteiger partial charge < -0.3 is 14.8 Å². The average Bonchev–Trinajstić information content (AvgIpc) is 2.69. The third-order valence-corrected chi connectivity index (χ3v) is 5.23. The number of unbranched alkanes of at least 4 members (excludes halogenated alkanes) is 4. The molecule has 28 heavy (non-hydrogen) atoms. The maximum Gasteiger partial charge on any atom is 0.162 e. The molecule has 0 atom stereocenters. The predicted molar refractivity (Wildman–Crippen MR) is 117 cm³/mol. The third-order valence-electron chi connectivity index (χ3n) is 4.49. The molecule has 2 aromatic rings. The van der Waals surface area contributed by atoms with Crippen molar-refractivity contribution >= 4 is 15.9 Å². The standard InChI is InChI=1S/C23H31BrFNO2/c1-3-5-6-7-8-13-26-16-19-14-22(27-4-2)23(15-21(19)24)28-17-18-9-11-20(25)12-10-18/h9-12,14-15,26H,3-8,13,16-17H2,1-2H3. The summed E-state index contributed by atoms with van der Waals surface area (Å²) in [5, 5.41) is 3.51. The molecule has 0 aliphatic carbocycles. The minimum atomic E-state index is -0.247. The normalized spacial score (nSPS) is 10.9. The first kappa shape index (κ1) is 22.7. The Labute approximate surface area is 176 Å². The Morgan fingerprint density at radius 2 is 1.64 bits per heavy atom. The number of hydrogen-bond donors (Lipinski definition) is 1. The summed E-state index contributed by atoms with van der Waals surface area (Å²) in [5.74, 6) is 1.16. The average molecular weight is 452 g/mol. The van der Waals surface area contributed by atoms with Gasteiger partial charge in [-0.15, -0.1) is 0 Å². The Morgan fingerprint density at radius 3 is 2.36 bits per heavy atom. The molecule has 0 aliphatic rings. The monoisotopic (exact) mass is 451 g/mol. The van der Waals surface area contributed by atoms with Gasteiger partial charge in [0, 0.05) is 11.0 Å². The van der Waals surface area contributed by atoms with Gasteiger partial charge in [-0.2, -0.15) is 0 Å². The summed E-state index contributed by atoms with van der Waals surface area (Å²) in [6.45, 7) is 6.93. The molecule has 3 nitrogen and oxygen atoms in total. The van der Waals surface area contributed by atoms with E-state index in [-0.39, 0.29) is 5.82 Å². The van der Waals surface area contributed by atoms with Gasteiger partial charge in [-0.05, 0) is 55.3 Å². The second-order valence-electron chi connectivity index (χ2n) is 6.83. The van der Waals surface area contributed by atoms with Crippen molar-refractivity contribution in [2.75, 3.05) is 13.2 Å². The molecule has 2 rings (SSSR count). The van der Waals surface area contributed by atoms with Gasteiger partial charge in [-0.3, -0.25) is 0 Å². The lowest BCUT2D eigenvalue weighted by atomic mass is 10.1. The molecule has 154 valence electrons. The van der Waals surface area contributed by atoms with E-state index in [1.54, 1.807) is 12.1 Å². The molecule has 0 unspecified atom stereocenters. The van der Waals surface area contributed by atoms with Crippen molar-refractivity contribution in [1.82, 2.24) is 5.32 Å². The van der Waals surface area contributed by atoms with E-state index in [0.717, 1.165) is 34.4 Å². The maximum absolute atomic E-state index is 13.0. The largest absolute Gasteiger partial charge is 0.490 e. The van der Waals surface area contributed by atoms with Crippen molar-refractivity contribution in [1.29, 1.82) is 0 Å². The van der Waals surface area contributed by atoms with Gasteiger partial charge >= 0.3 is 0 Å². The maximum atomic E-state index is 13.0. The van der Waals surface area contributed by atoms with Crippen molar-refractivity contribution < 1.29 is 13.9 Å². The number of halogens is 2. The van der Waals surface area contributed by atoms with E-state index >= 15 is 0 Å². The molecule has 0 heterocycles. The van der Waals surface area contributed by atoms with Crippen molar-refractivity contribution in [3.8, 4) is 11.5 Å². The fourth-order valence-corrected chi connectivity index (χ4v) is 3.37. The Morgan fingerprint density at radius 1 is 0.929 bits per heavy atom. The Hall–Kier alpha value is -1.59. The highest BCUT2D eigenvalue weighted by Gasteiger charge is 2.11. The molecule has 0 bridgehead atoms. The van der Waals surface area contributed by atoms with E-state index in [4.69, 9.17) is 9.47 Å². The number of hydrogen-bond acceptors (Lipinski definition) is 3. The highest BCUT2D eigenvalue weighted by molar-refractivity contribution is 9.10. The Balaban J connectivity index is 1.93. The van der Waals surface area contributed by atoms with Crippen molar-refractivity contribution in [3.05, 3.63) is 57.8 Å². The van der Waals surface area contributed by atoms with Crippen molar-refractivity contribution in [3.63, 3.8) is 0 Å². The molecule has 0 aromatic heterocycles. The topological polar surface area (TPSA) is 30.5 Å². The van der Waals surface area contributed by atoms with Crippen LogP contribution in [0.15, 0.2) is 40.9 Å². The first-order valence-corrected chi connectivity index (χ1v) is 11.0. The van der Waals surface area contributed by atoms with Gasteiger partial charge in [0.25, 0.3) is 0 Å². The molecule has 5 heteroatoms. The molecule has 0 fully saturated rings. The zero-order valence-corrected chi connectivity index (χ0v) is 18.5. The summed E-state index contributed by atoms with van der Waals surface area (Å²) in [4.78, 5) is 0. The van der Waals surface area contributed by atoms with E-state index in [2.05, 4.69) is 28.2 Å². The van der Waals surface area contributed by atoms with E-state index in [1.807, 2.05) is 19.1 Å². The fourth-order valence-electron chi connectivity index (χ4n) is 2.91. The zero-order valence-electron chi connectivity index (χ0n) is 16.9. The second-order valence-corrected chi connectivity index (χ2v) is 7.68. The van der Waals surface area contributed by atoms with Crippen LogP contribution in [-0.2, 0) is 13.2 Å². The smallest absolute Gasteiger partial charge is 0.162 e. The summed E-state index contributed by atoms with van der Waals surface area (Å²) >= 11 is 3.65. The van der Waals surface area contributed by atoms with Crippen LogP contribution in [0.4, 0.5) is 4.39 Å². The lowest BCUT2D eigenvalue weighted by Gasteiger charge is -2.15. The predicted octanol–water partition coefficient (Wildman–Crippen LogP) is 6.63. The molecule has 0 aliphatic heterocycles. The minimum absolute atomic E-state index is 0.247. The lowest BCUT2D eigenvalue weighted by Crippen LogP contribution is -2.15. The van der Waals surface area contributed by atoms with Gasteiger partial charge in [-0.25, -0.2) is 4.39 Å². The van der Waals surface area contributed by atoms with Crippen LogP contribution in [0.5, 0.6) is 11.5 Å². The van der Waals surface area contributed by atoms with Crippen LogP contribution in [-0.4, -0.2) is 13.2 Å². The van der Waals surface area contributed by atoms with Gasteiger partial charge in [0.05, 0.1) is 6.61 Å². The highest BCUT2D eigenvalue weighted by Crippen LogP contribution is 2.34. The molecule has 0 saturated carbocycles. The molecular weight excluding hydrogens is 421 g/mol. The number of benzene rings is 2. The summed E-state index contributed by atoms with van der Waals surface area (Å²) in [5.41, 5.74) is 2.06. The van der Waals surface area contributed by atoms with Gasteiger partial charge in [0.2, 0.25) is 0 Å². The fraction of sp³-hybridized carbons (Fsp3) is 0.478. The van der Waals surface area contributed by atoms with Gasteiger partial charge in [0.1, 0.15) is 12.4 Å². The van der Waals surface area contributed by atoms with E-state index in [9.17, 15) is 4.39 Å². The van der Waals surface area contributed by atoms with Crippen LogP contribution in [0.1, 0.15) is 57.1 Å². The first-order chi connectivity index (χ1) is 13.6. The lowest BCUT2D eigenvalue weighted by molar-refractivity contribution is 0.268. The van der Waals surface area contributed by atoms with E-state index < -0.39 is 0 Å². The van der Waals surface area contributed by atoms with Crippen molar-refractivity contribution in [2.24, 2.45) is 0 Å². The molecule has 2 aromatic carbocycles. The summed E-state index contributed by atoms with van der Waals surface area (Å²) in [6.07, 6.45) is 6.40. The Bertz CT molecular complexity index is 706. The number of nitrogens with one attached hydrogen (secondary N) is 1. The SMILES string of the molecule is CCCCCCCNCc1cc(OCC)c(OCc2ccc(F)cc2)cc1Br. The quantitative estimate of drug-likeness (QED) is 0.346. The minimum Gasteiger partial charge on any atom is -0.490 e. The van der Waals surface area contributed by atoms with Crippen LogP contribution in [0.2, 0.25) is 0 Å². The van der Waals surface area contributed by atoms with Crippen LogP contribution in [0.3, 0.4) is 0 Å². The molecule has 0 spiro atoms. The zero-order chi connectivity index (χ0) is 20.2. The Kier molecular flexibility index (Phi) is 10.4. The van der Waals surface area contributed by atoms with E-state index in [0.29, 0.717) is 19.0 Å². The summed E-state index contributed by atoms with van der Waals surface area (Å²) < 4.78 is 25.7. The van der Waals surface area contributed by atoms with Gasteiger partial charge in [0.15, 0.2) is 11.5 Å². The van der Waals surface area contributed by atoms with Crippen LogP contribution in [0, 0.1) is 5.82 Å². The number of ether oxygens (including phenoxy) is 2. The first-order valence-electron chi connectivity index (χ1n) is 10.2. The van der Waals surface area contributed by atoms with Crippen molar-refractivity contribution in [2.45, 2.75) is 59.1 Å².